The van der Waals surface area contributed by atoms with Gasteiger partial charge in [0.25, 0.3) is 0 Å². The zero-order chi connectivity index (χ0) is 11.3. The summed E-state index contributed by atoms with van der Waals surface area (Å²) in [6.07, 6.45) is 0. The average molecular weight is 202 g/mol. The number of carboxylic acid groups (broad SMARTS) is 1. The molecule has 2 atom stereocenters. The fourth-order valence-corrected chi connectivity index (χ4v) is 0.762. The van der Waals surface area contributed by atoms with Gasteiger partial charge in [-0.1, -0.05) is 20.8 Å². The molecule has 2 unspecified atom stereocenters. The molecule has 0 aliphatic rings. The van der Waals surface area contributed by atoms with Gasteiger partial charge in [0.2, 0.25) is 5.91 Å². The van der Waals surface area contributed by atoms with Crippen molar-refractivity contribution in [3.8, 4) is 0 Å². The van der Waals surface area contributed by atoms with Crippen LogP contribution in [0.25, 0.3) is 0 Å². The van der Waals surface area contributed by atoms with Crippen LogP contribution in [-0.2, 0) is 9.59 Å². The van der Waals surface area contributed by atoms with Gasteiger partial charge in [-0.25, -0.2) is 0 Å². The Balaban J connectivity index is 3.91. The number of aliphatic carboxylic acids is 1. The zero-order valence-electron chi connectivity index (χ0n) is 8.78. The summed E-state index contributed by atoms with van der Waals surface area (Å²) in [6, 6.07) is -0.573. The molecule has 0 rings (SSSR count). The molecular weight excluding hydrogens is 184 g/mol. The third-order valence-electron chi connectivity index (χ3n) is 2.03. The van der Waals surface area contributed by atoms with Crippen LogP contribution in [0.3, 0.4) is 0 Å². The molecule has 0 radical (unpaired) electrons. The Morgan fingerprint density at radius 1 is 1.36 bits per heavy atom. The van der Waals surface area contributed by atoms with E-state index in [2.05, 4.69) is 5.32 Å². The molecule has 0 aromatic rings. The van der Waals surface area contributed by atoms with Gasteiger partial charge in [0, 0.05) is 6.54 Å². The summed E-state index contributed by atoms with van der Waals surface area (Å²) in [5.74, 6) is -1.76. The van der Waals surface area contributed by atoms with Crippen LogP contribution in [0.2, 0.25) is 0 Å². The van der Waals surface area contributed by atoms with Gasteiger partial charge in [-0.05, 0) is 5.92 Å². The fraction of sp³-hybridized carbons (Fsp3) is 0.778. The maximum Gasteiger partial charge on any atom is 0.308 e. The number of rotatable bonds is 5. The summed E-state index contributed by atoms with van der Waals surface area (Å²) >= 11 is 0. The van der Waals surface area contributed by atoms with Gasteiger partial charge < -0.3 is 16.2 Å². The monoisotopic (exact) mass is 202 g/mol. The highest BCUT2D eigenvalue weighted by atomic mass is 16.4. The van der Waals surface area contributed by atoms with Crippen LogP contribution in [0.4, 0.5) is 0 Å². The number of nitrogens with one attached hydrogen (secondary N) is 1. The van der Waals surface area contributed by atoms with Crippen molar-refractivity contribution in [1.29, 1.82) is 0 Å². The normalized spacial score (nSPS) is 14.9. The van der Waals surface area contributed by atoms with Crippen molar-refractivity contribution in [2.75, 3.05) is 6.54 Å². The Kier molecular flexibility index (Phi) is 5.15. The van der Waals surface area contributed by atoms with Gasteiger partial charge in [-0.2, -0.15) is 0 Å². The Labute approximate surface area is 83.7 Å². The molecule has 0 aromatic carbocycles. The molecule has 1 amide bonds. The lowest BCUT2D eigenvalue weighted by Crippen LogP contribution is -2.45. The third-order valence-corrected chi connectivity index (χ3v) is 2.03. The number of hydrogen-bond donors (Lipinski definition) is 3. The van der Waals surface area contributed by atoms with Crippen molar-refractivity contribution in [1.82, 2.24) is 5.32 Å². The SMILES string of the molecule is CC(CNC(=O)C(N)C(C)C)C(=O)O. The van der Waals surface area contributed by atoms with Crippen molar-refractivity contribution in [3.63, 3.8) is 0 Å². The average Bonchev–Trinajstić information content (AvgIpc) is 2.11. The van der Waals surface area contributed by atoms with E-state index >= 15 is 0 Å². The number of nitrogens with two attached hydrogens (primary N) is 1. The molecule has 0 fully saturated rings. The molecule has 5 heteroatoms. The fourth-order valence-electron chi connectivity index (χ4n) is 0.762. The second-order valence-electron chi connectivity index (χ2n) is 3.75. The summed E-state index contributed by atoms with van der Waals surface area (Å²) in [6.45, 7) is 5.33. The second-order valence-corrected chi connectivity index (χ2v) is 3.75. The van der Waals surface area contributed by atoms with Crippen LogP contribution in [-0.4, -0.2) is 29.6 Å². The summed E-state index contributed by atoms with van der Waals surface area (Å²) < 4.78 is 0. The van der Waals surface area contributed by atoms with Crippen LogP contribution in [0.5, 0.6) is 0 Å². The molecule has 0 saturated heterocycles. The number of carbonyl (C=O) groups is 2. The first kappa shape index (κ1) is 12.9. The van der Waals surface area contributed by atoms with Crippen molar-refractivity contribution in [2.24, 2.45) is 17.6 Å². The first-order valence-corrected chi connectivity index (χ1v) is 4.62. The molecule has 82 valence electrons. The van der Waals surface area contributed by atoms with Crippen molar-refractivity contribution in [3.05, 3.63) is 0 Å². The number of hydrogen-bond acceptors (Lipinski definition) is 3. The Hall–Kier alpha value is -1.10. The molecule has 0 spiro atoms. The first-order valence-electron chi connectivity index (χ1n) is 4.62. The van der Waals surface area contributed by atoms with Crippen molar-refractivity contribution >= 4 is 11.9 Å². The van der Waals surface area contributed by atoms with E-state index in [1.165, 1.54) is 6.92 Å². The summed E-state index contributed by atoms with van der Waals surface area (Å²) in [4.78, 5) is 21.7. The van der Waals surface area contributed by atoms with E-state index in [0.717, 1.165) is 0 Å². The van der Waals surface area contributed by atoms with Gasteiger partial charge in [0.05, 0.1) is 12.0 Å². The highest BCUT2D eigenvalue weighted by Crippen LogP contribution is 1.98. The second kappa shape index (κ2) is 5.59. The van der Waals surface area contributed by atoms with Crippen LogP contribution < -0.4 is 11.1 Å². The van der Waals surface area contributed by atoms with E-state index < -0.39 is 17.9 Å². The van der Waals surface area contributed by atoms with Crippen LogP contribution in [0.15, 0.2) is 0 Å². The molecule has 5 nitrogen and oxygen atoms in total. The number of carboxylic acids is 1. The minimum atomic E-state index is -0.927. The highest BCUT2D eigenvalue weighted by Gasteiger charge is 2.18. The lowest BCUT2D eigenvalue weighted by molar-refractivity contribution is -0.141. The topological polar surface area (TPSA) is 92.4 Å². The molecule has 0 bridgehead atoms. The van der Waals surface area contributed by atoms with Gasteiger partial charge in [-0.3, -0.25) is 9.59 Å². The first-order chi connectivity index (χ1) is 6.36. The standard InChI is InChI=1S/C9H18N2O3/c1-5(2)7(10)8(12)11-4-6(3)9(13)14/h5-7H,4,10H2,1-3H3,(H,11,12)(H,13,14). The molecule has 0 aromatic heterocycles. The quantitative estimate of drug-likeness (QED) is 0.576. The van der Waals surface area contributed by atoms with Gasteiger partial charge >= 0.3 is 5.97 Å². The van der Waals surface area contributed by atoms with Gasteiger partial charge in [-0.15, -0.1) is 0 Å². The smallest absolute Gasteiger partial charge is 0.308 e. The Morgan fingerprint density at radius 2 is 1.86 bits per heavy atom. The summed E-state index contributed by atoms with van der Waals surface area (Å²) in [7, 11) is 0. The lowest BCUT2D eigenvalue weighted by Gasteiger charge is -2.16. The van der Waals surface area contributed by atoms with E-state index in [1.54, 1.807) is 0 Å². The van der Waals surface area contributed by atoms with E-state index in [0.29, 0.717) is 0 Å². The maximum atomic E-state index is 11.3. The third kappa shape index (κ3) is 4.23. The lowest BCUT2D eigenvalue weighted by atomic mass is 10.0. The van der Waals surface area contributed by atoms with Crippen molar-refractivity contribution in [2.45, 2.75) is 26.8 Å². The molecule has 0 heterocycles. The molecule has 14 heavy (non-hydrogen) atoms. The van der Waals surface area contributed by atoms with Crippen LogP contribution in [0, 0.1) is 11.8 Å². The molecule has 0 aliphatic heterocycles. The van der Waals surface area contributed by atoms with Crippen molar-refractivity contribution < 1.29 is 14.7 Å². The Morgan fingerprint density at radius 3 is 2.21 bits per heavy atom. The Bertz CT molecular complexity index is 216. The molecule has 0 saturated carbocycles. The molecular formula is C9H18N2O3. The summed E-state index contributed by atoms with van der Waals surface area (Å²) in [5.41, 5.74) is 5.56. The zero-order valence-corrected chi connectivity index (χ0v) is 8.78. The molecule has 0 aliphatic carbocycles. The maximum absolute atomic E-state index is 11.3. The number of carbonyl (C=O) groups excluding carboxylic acids is 1. The van der Waals surface area contributed by atoms with E-state index in [1.807, 2.05) is 13.8 Å². The number of amides is 1. The van der Waals surface area contributed by atoms with Gasteiger partial charge in [0.1, 0.15) is 0 Å². The van der Waals surface area contributed by atoms with Crippen LogP contribution in [0.1, 0.15) is 20.8 Å². The van der Waals surface area contributed by atoms with E-state index in [9.17, 15) is 9.59 Å². The minimum Gasteiger partial charge on any atom is -0.481 e. The van der Waals surface area contributed by atoms with Crippen LogP contribution >= 0.6 is 0 Å². The minimum absolute atomic E-state index is 0.0511. The predicted octanol–water partition coefficient (Wildman–Crippen LogP) is -0.193. The molecule has 4 N–H and O–H groups in total. The van der Waals surface area contributed by atoms with Gasteiger partial charge in [0.15, 0.2) is 0 Å². The largest absolute Gasteiger partial charge is 0.481 e. The summed E-state index contributed by atoms with van der Waals surface area (Å²) in [5, 5.41) is 11.1. The van der Waals surface area contributed by atoms with E-state index in [4.69, 9.17) is 10.8 Å². The van der Waals surface area contributed by atoms with E-state index in [-0.39, 0.29) is 18.4 Å². The highest BCUT2D eigenvalue weighted by molar-refractivity contribution is 5.82. The predicted molar refractivity (Wildman–Crippen MR) is 52.6 cm³/mol.